The Hall–Kier alpha value is -3.03. The van der Waals surface area contributed by atoms with E-state index in [1.54, 1.807) is 0 Å². The highest BCUT2D eigenvalue weighted by molar-refractivity contribution is 7.90. The molecule has 0 spiro atoms. The van der Waals surface area contributed by atoms with E-state index in [0.29, 0.717) is 18.9 Å². The summed E-state index contributed by atoms with van der Waals surface area (Å²) in [6.45, 7) is 0. The van der Waals surface area contributed by atoms with Gasteiger partial charge in [-0.15, -0.1) is 0 Å². The summed E-state index contributed by atoms with van der Waals surface area (Å²) in [6, 6.07) is 1.18. The number of carbonyl (C=O) groups is 1. The van der Waals surface area contributed by atoms with Crippen molar-refractivity contribution in [3.05, 3.63) is 75.2 Å². The average Bonchev–Trinajstić information content (AvgIpc) is 2.91. The molecule has 1 unspecified atom stereocenters. The van der Waals surface area contributed by atoms with Crippen LogP contribution >= 0.6 is 11.6 Å². The first-order chi connectivity index (χ1) is 18.0. The van der Waals surface area contributed by atoms with Crippen LogP contribution in [0.25, 0.3) is 0 Å². The number of aliphatic imine (C=N–C) groups is 1. The largest absolute Gasteiger partial charge is 0.466 e. The van der Waals surface area contributed by atoms with Gasteiger partial charge in [-0.1, -0.05) is 17.7 Å². The number of aromatic nitrogens is 1. The third-order valence-corrected chi connectivity index (χ3v) is 8.98. The smallest absolute Gasteiger partial charge is 0.338 e. The maximum absolute atomic E-state index is 14.7. The molecule has 1 aliphatic heterocycles. The number of hydrogen-bond donors (Lipinski definition) is 2. The van der Waals surface area contributed by atoms with E-state index in [4.69, 9.17) is 16.3 Å². The molecule has 2 aromatic rings. The first-order valence-corrected chi connectivity index (χ1v) is 13.4. The molecule has 2 heterocycles. The average molecular weight is 575 g/mol. The van der Waals surface area contributed by atoms with Crippen LogP contribution in [0, 0.1) is 29.2 Å². The molecule has 14 heteroatoms. The molecule has 2 N–H and O–H groups in total. The van der Waals surface area contributed by atoms with Gasteiger partial charge >= 0.3 is 5.97 Å². The molecule has 8 nitrogen and oxygen atoms in total. The quantitative estimate of drug-likeness (QED) is 0.307. The molecule has 1 atom stereocenters. The molecule has 1 fully saturated rings. The number of benzene rings is 1. The molecule has 4 rings (SSSR count). The van der Waals surface area contributed by atoms with E-state index in [-0.39, 0.29) is 41.2 Å². The number of pyridine rings is 1. The molecule has 1 aromatic heterocycles. The third kappa shape index (κ3) is 5.27. The van der Waals surface area contributed by atoms with Crippen molar-refractivity contribution in [2.24, 2.45) is 10.9 Å². The summed E-state index contributed by atoms with van der Waals surface area (Å²) < 4.78 is 88.5. The number of esters is 1. The van der Waals surface area contributed by atoms with E-state index in [0.717, 1.165) is 25.4 Å². The molecular weight excluding hydrogens is 552 g/mol. The highest BCUT2D eigenvalue weighted by Gasteiger charge is 2.40. The van der Waals surface area contributed by atoms with Crippen molar-refractivity contribution in [2.45, 2.75) is 37.0 Å². The number of halogens is 5. The number of hydrogen-bond acceptors (Lipinski definition) is 7. The zero-order valence-corrected chi connectivity index (χ0v) is 21.8. The van der Waals surface area contributed by atoms with Crippen molar-refractivity contribution in [3.63, 3.8) is 0 Å². The van der Waals surface area contributed by atoms with Crippen LogP contribution in [0.5, 0.6) is 0 Å². The van der Waals surface area contributed by atoms with E-state index >= 15 is 0 Å². The van der Waals surface area contributed by atoms with Crippen molar-refractivity contribution in [3.8, 4) is 0 Å². The van der Waals surface area contributed by atoms with E-state index < -0.39 is 61.5 Å². The predicted molar refractivity (Wildman–Crippen MR) is 131 cm³/mol. The number of allylic oxidation sites excluding steroid dienone is 1. The van der Waals surface area contributed by atoms with Gasteiger partial charge in [0.05, 0.1) is 29.2 Å². The summed E-state index contributed by atoms with van der Waals surface area (Å²) in [6.07, 6.45) is 1.88. The fraction of sp³-hybridized carbons (Fsp3) is 0.375. The Balaban J connectivity index is 1.87. The number of carbonyl (C=O) groups excluding carboxylic acids is 1. The summed E-state index contributed by atoms with van der Waals surface area (Å²) in [5.74, 6) is -6.10. The molecule has 2 aliphatic rings. The zero-order valence-electron chi connectivity index (χ0n) is 20.2. The normalized spacial score (nSPS) is 22.1. The number of nitrogens with zero attached hydrogens (tertiary/aromatic N) is 2. The zero-order chi connectivity index (χ0) is 27.8. The van der Waals surface area contributed by atoms with Crippen LogP contribution in [0.2, 0.25) is 5.02 Å². The number of methoxy groups -OCH3 is 1. The second kappa shape index (κ2) is 11.0. The number of rotatable bonds is 6. The maximum Gasteiger partial charge on any atom is 0.338 e. The predicted octanol–water partition coefficient (Wildman–Crippen LogP) is 3.92. The highest BCUT2D eigenvalue weighted by Crippen LogP contribution is 2.42. The second-order valence-electron chi connectivity index (χ2n) is 8.80. The van der Waals surface area contributed by atoms with Gasteiger partial charge in [-0.25, -0.2) is 40.5 Å². The summed E-state index contributed by atoms with van der Waals surface area (Å²) in [5.41, 5.74) is -0.357. The topological polar surface area (TPSA) is 110 Å². The molecule has 38 heavy (non-hydrogen) atoms. The monoisotopic (exact) mass is 574 g/mol. The first-order valence-electron chi connectivity index (χ1n) is 11.5. The van der Waals surface area contributed by atoms with E-state index in [1.807, 2.05) is 0 Å². The van der Waals surface area contributed by atoms with Crippen LogP contribution in [0.4, 0.5) is 17.6 Å². The highest BCUT2D eigenvalue weighted by atomic mass is 35.5. The van der Waals surface area contributed by atoms with Gasteiger partial charge in [0.15, 0.2) is 23.3 Å². The van der Waals surface area contributed by atoms with Crippen molar-refractivity contribution >= 4 is 33.4 Å². The SMILES string of the molecule is CNS(=O)(=O)[C@H]1CC[C@H](C2=C(C(=O)OC)C(c3ccc(F)c(F)c3Cl)N=C(c3ncc(F)cc3F)N2)CC1. The van der Waals surface area contributed by atoms with Crippen LogP contribution in [-0.4, -0.2) is 44.6 Å². The lowest BCUT2D eigenvalue weighted by Gasteiger charge is -2.35. The Labute approximate surface area is 221 Å². The summed E-state index contributed by atoms with van der Waals surface area (Å²) >= 11 is 6.12. The van der Waals surface area contributed by atoms with E-state index in [2.05, 4.69) is 20.0 Å². The number of ether oxygens (including phenoxy) is 1. The molecule has 204 valence electrons. The summed E-state index contributed by atoms with van der Waals surface area (Å²) in [7, 11) is -1.09. The van der Waals surface area contributed by atoms with Crippen LogP contribution in [0.15, 0.2) is 40.7 Å². The first kappa shape index (κ1) is 28.0. The fourth-order valence-corrected chi connectivity index (χ4v) is 6.22. The third-order valence-electron chi connectivity index (χ3n) is 6.68. The van der Waals surface area contributed by atoms with Gasteiger partial charge in [0.2, 0.25) is 10.0 Å². The lowest BCUT2D eigenvalue weighted by Crippen LogP contribution is -2.40. The molecule has 1 aliphatic carbocycles. The molecule has 0 saturated heterocycles. The number of nitrogens with one attached hydrogen (secondary N) is 2. The second-order valence-corrected chi connectivity index (χ2v) is 11.3. The van der Waals surface area contributed by atoms with Crippen LogP contribution in [-0.2, 0) is 19.6 Å². The lowest BCUT2D eigenvalue weighted by atomic mass is 9.82. The standard InChI is InChI=1S/C24H23ClF4N4O4S/c1-30-38(35,36)13-5-3-11(4-6-13)20-17(24(34)37-2)21(14-7-8-15(27)19(29)18(14)25)33-23(32-20)22-16(28)9-12(26)10-31-22/h7-11,13,21,30H,3-6H2,1-2H3,(H,32,33)/t11-,13-,21?. The van der Waals surface area contributed by atoms with Gasteiger partial charge in [0.25, 0.3) is 0 Å². The molecular formula is C24H23ClF4N4O4S. The van der Waals surface area contributed by atoms with Crippen LogP contribution in [0.3, 0.4) is 0 Å². The van der Waals surface area contributed by atoms with Gasteiger partial charge in [-0.3, -0.25) is 4.99 Å². The van der Waals surface area contributed by atoms with E-state index in [1.165, 1.54) is 7.05 Å². The molecule has 0 radical (unpaired) electrons. The van der Waals surface area contributed by atoms with Gasteiger partial charge in [0, 0.05) is 17.3 Å². The van der Waals surface area contributed by atoms with E-state index in [9.17, 15) is 30.8 Å². The minimum atomic E-state index is -3.53. The summed E-state index contributed by atoms with van der Waals surface area (Å²) in [5, 5.41) is 1.61. The maximum atomic E-state index is 14.7. The molecule has 0 bridgehead atoms. The molecule has 1 saturated carbocycles. The van der Waals surface area contributed by atoms with Crippen LogP contribution in [0.1, 0.15) is 43.0 Å². The van der Waals surface area contributed by atoms with Crippen molar-refractivity contribution < 1.29 is 35.5 Å². The molecule has 1 aromatic carbocycles. The Morgan fingerprint density at radius 2 is 1.82 bits per heavy atom. The van der Waals surface area contributed by atoms with Crippen molar-refractivity contribution in [1.82, 2.24) is 15.0 Å². The Kier molecular flexibility index (Phi) is 8.09. The Morgan fingerprint density at radius 1 is 1.13 bits per heavy atom. The van der Waals surface area contributed by atoms with Gasteiger partial charge in [-0.2, -0.15) is 0 Å². The lowest BCUT2D eigenvalue weighted by molar-refractivity contribution is -0.136. The van der Waals surface area contributed by atoms with Gasteiger partial charge in [0.1, 0.15) is 17.6 Å². The molecule has 0 amide bonds. The van der Waals surface area contributed by atoms with Gasteiger partial charge < -0.3 is 10.1 Å². The Morgan fingerprint density at radius 3 is 2.42 bits per heavy atom. The van der Waals surface area contributed by atoms with Crippen molar-refractivity contribution in [2.75, 3.05) is 14.2 Å². The minimum Gasteiger partial charge on any atom is -0.466 e. The fourth-order valence-electron chi connectivity index (χ4n) is 4.74. The van der Waals surface area contributed by atoms with Crippen LogP contribution < -0.4 is 10.0 Å². The van der Waals surface area contributed by atoms with Gasteiger partial charge in [-0.05, 0) is 44.7 Å². The Bertz CT molecular complexity index is 1440. The number of sulfonamides is 1. The summed E-state index contributed by atoms with van der Waals surface area (Å²) in [4.78, 5) is 21.2. The van der Waals surface area contributed by atoms with Crippen molar-refractivity contribution in [1.29, 1.82) is 0 Å². The number of amidine groups is 1. The minimum absolute atomic E-state index is 0.0911.